The molecule has 0 saturated carbocycles. The zero-order valence-corrected chi connectivity index (χ0v) is 13.8. The van der Waals surface area contributed by atoms with Crippen molar-refractivity contribution in [2.24, 2.45) is 0 Å². The average Bonchev–Trinajstić information content (AvgIpc) is 2.46. The van der Waals surface area contributed by atoms with Gasteiger partial charge in [0, 0.05) is 11.6 Å². The van der Waals surface area contributed by atoms with Gasteiger partial charge in [0.15, 0.2) is 5.60 Å². The van der Waals surface area contributed by atoms with Gasteiger partial charge in [-0.05, 0) is 51.0 Å². The molecule has 0 saturated heterocycles. The Bertz CT molecular complexity index is 467. The lowest BCUT2D eigenvalue weighted by Crippen LogP contribution is -2.51. The zero-order valence-electron chi connectivity index (χ0n) is 13.1. The Balaban J connectivity index is 2.64. The predicted molar refractivity (Wildman–Crippen MR) is 84.7 cm³/mol. The van der Waals surface area contributed by atoms with E-state index in [1.54, 1.807) is 38.1 Å². The number of rotatable bonds is 7. The summed E-state index contributed by atoms with van der Waals surface area (Å²) in [5.41, 5.74) is -1.90. The van der Waals surface area contributed by atoms with E-state index < -0.39 is 11.2 Å². The molecule has 0 radical (unpaired) electrons. The summed E-state index contributed by atoms with van der Waals surface area (Å²) in [4.78, 5) is 12.2. The van der Waals surface area contributed by atoms with E-state index in [1.165, 1.54) is 0 Å². The second kappa shape index (κ2) is 7.14. The highest BCUT2D eigenvalue weighted by molar-refractivity contribution is 6.30. The number of ether oxygens (including phenoxy) is 1. The number of amides is 1. The van der Waals surface area contributed by atoms with Gasteiger partial charge < -0.3 is 15.2 Å². The minimum Gasteiger partial charge on any atom is -0.478 e. The van der Waals surface area contributed by atoms with Gasteiger partial charge in [0.2, 0.25) is 0 Å². The highest BCUT2D eigenvalue weighted by atomic mass is 35.5. The molecule has 21 heavy (non-hydrogen) atoms. The van der Waals surface area contributed by atoms with Crippen molar-refractivity contribution in [3.63, 3.8) is 0 Å². The Hall–Kier alpha value is -1.26. The second-order valence-electron chi connectivity index (χ2n) is 5.68. The van der Waals surface area contributed by atoms with Crippen LogP contribution in [0.2, 0.25) is 5.02 Å². The molecule has 0 unspecified atom stereocenters. The van der Waals surface area contributed by atoms with Gasteiger partial charge in [0.25, 0.3) is 5.91 Å². The van der Waals surface area contributed by atoms with Crippen molar-refractivity contribution in [2.75, 3.05) is 6.54 Å². The van der Waals surface area contributed by atoms with Crippen LogP contribution in [0.15, 0.2) is 24.3 Å². The van der Waals surface area contributed by atoms with Crippen molar-refractivity contribution in [2.45, 2.75) is 51.7 Å². The smallest absolute Gasteiger partial charge is 0.263 e. The van der Waals surface area contributed by atoms with Crippen LogP contribution in [0.5, 0.6) is 5.75 Å². The molecule has 0 bridgehead atoms. The van der Waals surface area contributed by atoms with Gasteiger partial charge in [-0.15, -0.1) is 0 Å². The maximum absolute atomic E-state index is 12.2. The van der Waals surface area contributed by atoms with Gasteiger partial charge in [-0.2, -0.15) is 0 Å². The molecular formula is C16H24ClNO3. The Morgan fingerprint density at radius 2 is 1.76 bits per heavy atom. The van der Waals surface area contributed by atoms with Gasteiger partial charge in [0.05, 0.1) is 5.60 Å². The first-order valence-corrected chi connectivity index (χ1v) is 7.55. The van der Waals surface area contributed by atoms with Crippen LogP contribution in [0.4, 0.5) is 0 Å². The van der Waals surface area contributed by atoms with Crippen LogP contribution in [0.3, 0.4) is 0 Å². The molecule has 0 fully saturated rings. The summed E-state index contributed by atoms with van der Waals surface area (Å²) in [6.45, 7) is 7.38. The summed E-state index contributed by atoms with van der Waals surface area (Å²) in [5, 5.41) is 13.6. The monoisotopic (exact) mass is 313 g/mol. The van der Waals surface area contributed by atoms with E-state index in [1.807, 2.05) is 13.8 Å². The molecule has 5 heteroatoms. The molecule has 1 aromatic carbocycles. The molecule has 2 N–H and O–H groups in total. The average molecular weight is 314 g/mol. The maximum Gasteiger partial charge on any atom is 0.263 e. The summed E-state index contributed by atoms with van der Waals surface area (Å²) in [7, 11) is 0. The van der Waals surface area contributed by atoms with E-state index >= 15 is 0 Å². The van der Waals surface area contributed by atoms with E-state index in [2.05, 4.69) is 5.32 Å². The highest BCUT2D eigenvalue weighted by Gasteiger charge is 2.32. The SMILES string of the molecule is CCC(O)(CC)CNC(=O)C(C)(C)Oc1ccc(Cl)cc1. The van der Waals surface area contributed by atoms with Crippen LogP contribution in [0.25, 0.3) is 0 Å². The minimum absolute atomic E-state index is 0.215. The normalized spacial score (nSPS) is 12.1. The Labute approximate surface area is 131 Å². The fourth-order valence-electron chi connectivity index (χ4n) is 1.80. The van der Waals surface area contributed by atoms with Gasteiger partial charge in [0.1, 0.15) is 5.75 Å². The first kappa shape index (κ1) is 17.8. The molecule has 0 spiro atoms. The third-order valence-electron chi connectivity index (χ3n) is 3.63. The van der Waals surface area contributed by atoms with Crippen LogP contribution in [-0.2, 0) is 4.79 Å². The molecule has 0 aliphatic rings. The van der Waals surface area contributed by atoms with E-state index in [-0.39, 0.29) is 12.5 Å². The molecule has 0 atom stereocenters. The molecule has 4 nitrogen and oxygen atoms in total. The summed E-state index contributed by atoms with van der Waals surface area (Å²) >= 11 is 5.81. The molecular weight excluding hydrogens is 290 g/mol. The molecule has 0 aliphatic carbocycles. The number of nitrogens with one attached hydrogen (secondary N) is 1. The lowest BCUT2D eigenvalue weighted by atomic mass is 9.97. The molecule has 1 amide bonds. The van der Waals surface area contributed by atoms with Crippen molar-refractivity contribution in [3.8, 4) is 5.75 Å². The van der Waals surface area contributed by atoms with Gasteiger partial charge in [-0.1, -0.05) is 25.4 Å². The van der Waals surface area contributed by atoms with Crippen molar-refractivity contribution in [1.29, 1.82) is 0 Å². The number of carbonyl (C=O) groups excluding carboxylic acids is 1. The second-order valence-corrected chi connectivity index (χ2v) is 6.12. The molecule has 0 aromatic heterocycles. The Morgan fingerprint density at radius 1 is 1.24 bits per heavy atom. The van der Waals surface area contributed by atoms with Gasteiger partial charge >= 0.3 is 0 Å². The van der Waals surface area contributed by atoms with E-state index in [4.69, 9.17) is 16.3 Å². The summed E-state index contributed by atoms with van der Waals surface area (Å²) in [5.74, 6) is 0.304. The first-order chi connectivity index (χ1) is 9.72. The summed E-state index contributed by atoms with van der Waals surface area (Å²) < 4.78 is 5.70. The topological polar surface area (TPSA) is 58.6 Å². The van der Waals surface area contributed by atoms with Crippen LogP contribution in [0.1, 0.15) is 40.5 Å². The molecule has 0 heterocycles. The Kier molecular flexibility index (Phi) is 6.05. The van der Waals surface area contributed by atoms with Crippen LogP contribution < -0.4 is 10.1 Å². The maximum atomic E-state index is 12.2. The number of hydrogen-bond donors (Lipinski definition) is 2. The van der Waals surface area contributed by atoms with Crippen molar-refractivity contribution in [3.05, 3.63) is 29.3 Å². The number of carbonyl (C=O) groups is 1. The largest absolute Gasteiger partial charge is 0.478 e. The third-order valence-corrected chi connectivity index (χ3v) is 3.88. The van der Waals surface area contributed by atoms with E-state index in [9.17, 15) is 9.90 Å². The lowest BCUT2D eigenvalue weighted by Gasteiger charge is -2.29. The summed E-state index contributed by atoms with van der Waals surface area (Å²) in [6.07, 6.45) is 1.17. The minimum atomic E-state index is -1.03. The molecule has 1 rings (SSSR count). The van der Waals surface area contributed by atoms with E-state index in [0.29, 0.717) is 23.6 Å². The fraction of sp³-hybridized carbons (Fsp3) is 0.562. The number of hydrogen-bond acceptors (Lipinski definition) is 3. The number of halogens is 1. The van der Waals surface area contributed by atoms with Gasteiger partial charge in [-0.3, -0.25) is 4.79 Å². The predicted octanol–water partition coefficient (Wildman–Crippen LogP) is 3.16. The molecule has 1 aromatic rings. The van der Waals surface area contributed by atoms with Crippen LogP contribution in [0, 0.1) is 0 Å². The standard InChI is InChI=1S/C16H24ClNO3/c1-5-16(20,6-2)11-18-14(19)15(3,4)21-13-9-7-12(17)8-10-13/h7-10,20H,5-6,11H2,1-4H3,(H,18,19). The van der Waals surface area contributed by atoms with E-state index in [0.717, 1.165) is 0 Å². The zero-order chi connectivity index (χ0) is 16.1. The quantitative estimate of drug-likeness (QED) is 0.813. The Morgan fingerprint density at radius 3 is 2.24 bits per heavy atom. The first-order valence-electron chi connectivity index (χ1n) is 7.17. The number of benzene rings is 1. The number of aliphatic hydroxyl groups is 1. The van der Waals surface area contributed by atoms with Crippen molar-refractivity contribution < 1.29 is 14.6 Å². The molecule has 0 aliphatic heterocycles. The fourth-order valence-corrected chi connectivity index (χ4v) is 1.93. The summed E-state index contributed by atoms with van der Waals surface area (Å²) in [6, 6.07) is 6.84. The van der Waals surface area contributed by atoms with Crippen LogP contribution >= 0.6 is 11.6 Å². The molecule has 118 valence electrons. The van der Waals surface area contributed by atoms with Crippen molar-refractivity contribution in [1.82, 2.24) is 5.32 Å². The lowest BCUT2D eigenvalue weighted by molar-refractivity contribution is -0.135. The van der Waals surface area contributed by atoms with Crippen molar-refractivity contribution >= 4 is 17.5 Å². The third kappa shape index (κ3) is 5.21. The highest BCUT2D eigenvalue weighted by Crippen LogP contribution is 2.21. The van der Waals surface area contributed by atoms with Crippen LogP contribution in [-0.4, -0.2) is 28.8 Å². The van der Waals surface area contributed by atoms with Gasteiger partial charge in [-0.25, -0.2) is 0 Å².